The van der Waals surface area contributed by atoms with E-state index in [1.165, 1.54) is 29.1 Å². The molecule has 0 aliphatic carbocycles. The molecule has 0 radical (unpaired) electrons. The molecule has 1 atom stereocenters. The van der Waals surface area contributed by atoms with E-state index < -0.39 is 0 Å². The molecule has 1 aliphatic heterocycles. The van der Waals surface area contributed by atoms with Crippen LogP contribution in [-0.2, 0) is 0 Å². The largest absolute Gasteiger partial charge is 0.344 e. The molecule has 21 heavy (non-hydrogen) atoms. The van der Waals surface area contributed by atoms with Gasteiger partial charge in [0.1, 0.15) is 0 Å². The average molecular weight is 303 g/mol. The highest BCUT2D eigenvalue weighted by Gasteiger charge is 2.26. The summed E-state index contributed by atoms with van der Waals surface area (Å²) in [6.07, 6.45) is 3.87. The molecule has 1 unspecified atom stereocenters. The molecule has 3 nitrogen and oxygen atoms in total. The monoisotopic (exact) mass is 303 g/mol. The van der Waals surface area contributed by atoms with E-state index in [1.807, 2.05) is 11.3 Å². The first kappa shape index (κ1) is 14.8. The van der Waals surface area contributed by atoms with Gasteiger partial charge in [0, 0.05) is 24.7 Å². The summed E-state index contributed by atoms with van der Waals surface area (Å²) in [6.45, 7) is 8.88. The van der Waals surface area contributed by atoms with Crippen molar-refractivity contribution < 1.29 is 0 Å². The van der Waals surface area contributed by atoms with E-state index in [0.717, 1.165) is 18.6 Å². The molecule has 1 aliphatic rings. The number of nitrogens with zero attached hydrogens (tertiary/aromatic N) is 2. The van der Waals surface area contributed by atoms with Crippen molar-refractivity contribution in [2.24, 2.45) is 0 Å². The van der Waals surface area contributed by atoms with Crippen molar-refractivity contribution >= 4 is 26.7 Å². The number of thiazole rings is 1. The van der Waals surface area contributed by atoms with E-state index in [1.54, 1.807) is 0 Å². The molecule has 1 aromatic heterocycles. The fourth-order valence-electron chi connectivity index (χ4n) is 2.87. The van der Waals surface area contributed by atoms with Crippen LogP contribution >= 0.6 is 11.3 Å². The van der Waals surface area contributed by atoms with Crippen molar-refractivity contribution in [1.29, 1.82) is 0 Å². The lowest BCUT2D eigenvalue weighted by Crippen LogP contribution is -2.49. The van der Waals surface area contributed by atoms with Crippen molar-refractivity contribution in [3.8, 4) is 0 Å². The number of hydrogen-bond acceptors (Lipinski definition) is 4. The van der Waals surface area contributed by atoms with Gasteiger partial charge in [-0.1, -0.05) is 23.5 Å². The summed E-state index contributed by atoms with van der Waals surface area (Å²) in [7, 11) is 0. The number of para-hydroxylation sites is 1. The minimum Gasteiger partial charge on any atom is -0.344 e. The van der Waals surface area contributed by atoms with E-state index in [9.17, 15) is 0 Å². The Bertz CT molecular complexity index is 566. The van der Waals surface area contributed by atoms with Gasteiger partial charge in [0.15, 0.2) is 5.13 Å². The third-order valence-electron chi connectivity index (χ3n) is 4.02. The molecular formula is C17H25N3S. The fourth-order valence-corrected chi connectivity index (χ4v) is 3.93. The van der Waals surface area contributed by atoms with Gasteiger partial charge in [0.25, 0.3) is 0 Å². The molecule has 0 spiro atoms. The molecule has 1 fully saturated rings. The van der Waals surface area contributed by atoms with E-state index in [4.69, 9.17) is 4.98 Å². The maximum atomic E-state index is 4.85. The summed E-state index contributed by atoms with van der Waals surface area (Å²) in [6, 6.07) is 9.02. The van der Waals surface area contributed by atoms with Gasteiger partial charge < -0.3 is 10.2 Å². The Morgan fingerprint density at radius 2 is 2.10 bits per heavy atom. The molecular weight excluding hydrogens is 278 g/mol. The topological polar surface area (TPSA) is 28.2 Å². The maximum absolute atomic E-state index is 4.85. The first-order valence-electron chi connectivity index (χ1n) is 7.90. The minimum atomic E-state index is 0.177. The molecule has 1 N–H and O–H groups in total. The number of rotatable bonds is 3. The third-order valence-corrected chi connectivity index (χ3v) is 5.10. The number of benzene rings is 1. The van der Waals surface area contributed by atoms with Crippen LogP contribution in [0.5, 0.6) is 0 Å². The summed E-state index contributed by atoms with van der Waals surface area (Å²) in [4.78, 5) is 7.37. The van der Waals surface area contributed by atoms with Crippen molar-refractivity contribution in [2.75, 3.05) is 18.0 Å². The second-order valence-electron chi connectivity index (χ2n) is 6.94. The lowest BCUT2D eigenvalue weighted by Gasteiger charge is -2.37. The molecule has 1 aromatic carbocycles. The highest BCUT2D eigenvalue weighted by atomic mass is 32.1. The van der Waals surface area contributed by atoms with Crippen molar-refractivity contribution in [1.82, 2.24) is 10.3 Å². The molecule has 2 aromatic rings. The molecule has 1 saturated heterocycles. The van der Waals surface area contributed by atoms with Crippen LogP contribution in [0.2, 0.25) is 0 Å². The summed E-state index contributed by atoms with van der Waals surface area (Å²) in [5, 5.41) is 4.85. The number of fused-ring (bicyclic) bond motifs is 1. The van der Waals surface area contributed by atoms with Crippen LogP contribution in [0.3, 0.4) is 0 Å². The molecule has 4 heteroatoms. The van der Waals surface area contributed by atoms with Gasteiger partial charge in [-0.15, -0.1) is 0 Å². The van der Waals surface area contributed by atoms with E-state index in [0.29, 0.717) is 6.04 Å². The zero-order valence-corrected chi connectivity index (χ0v) is 14.0. The highest BCUT2D eigenvalue weighted by Crippen LogP contribution is 2.32. The molecule has 0 amide bonds. The lowest BCUT2D eigenvalue weighted by molar-refractivity contribution is 0.366. The quantitative estimate of drug-likeness (QED) is 0.927. The molecule has 3 rings (SSSR count). The van der Waals surface area contributed by atoms with Crippen LogP contribution in [-0.4, -0.2) is 29.7 Å². The molecule has 0 saturated carbocycles. The van der Waals surface area contributed by atoms with Gasteiger partial charge in [-0.3, -0.25) is 0 Å². The smallest absolute Gasteiger partial charge is 0.186 e. The summed E-state index contributed by atoms with van der Waals surface area (Å²) < 4.78 is 1.29. The van der Waals surface area contributed by atoms with Gasteiger partial charge in [-0.05, 0) is 52.2 Å². The maximum Gasteiger partial charge on any atom is 0.186 e. The zero-order valence-electron chi connectivity index (χ0n) is 13.2. The van der Waals surface area contributed by atoms with Crippen LogP contribution < -0.4 is 10.2 Å². The number of nitrogens with one attached hydrogen (secondary N) is 1. The Labute approximate surface area is 131 Å². The standard InChI is InChI=1S/C17H25N3S/c1-17(2,3)18-12-13-8-6-7-11-20(13)16-19-14-9-4-5-10-15(14)21-16/h4-5,9-10,13,18H,6-8,11-12H2,1-3H3. The van der Waals surface area contributed by atoms with Crippen LogP contribution in [0.1, 0.15) is 40.0 Å². The van der Waals surface area contributed by atoms with Crippen molar-refractivity contribution in [2.45, 2.75) is 51.6 Å². The Kier molecular flexibility index (Phi) is 4.18. The molecule has 114 valence electrons. The van der Waals surface area contributed by atoms with Crippen LogP contribution in [0.25, 0.3) is 10.2 Å². The Hall–Kier alpha value is -1.13. The number of aromatic nitrogens is 1. The summed E-state index contributed by atoms with van der Waals surface area (Å²) in [5.41, 5.74) is 1.31. The lowest BCUT2D eigenvalue weighted by atomic mass is 10.0. The second kappa shape index (κ2) is 5.93. The van der Waals surface area contributed by atoms with Crippen LogP contribution in [0, 0.1) is 0 Å². The summed E-state index contributed by atoms with van der Waals surface area (Å²) in [5.74, 6) is 0. The Morgan fingerprint density at radius 3 is 2.86 bits per heavy atom. The number of anilines is 1. The van der Waals surface area contributed by atoms with Crippen molar-refractivity contribution in [3.63, 3.8) is 0 Å². The average Bonchev–Trinajstić information content (AvgIpc) is 2.88. The van der Waals surface area contributed by atoms with Crippen LogP contribution in [0.4, 0.5) is 5.13 Å². The molecule has 0 bridgehead atoms. The highest BCUT2D eigenvalue weighted by molar-refractivity contribution is 7.22. The molecule has 2 heterocycles. The van der Waals surface area contributed by atoms with Gasteiger partial charge in [-0.2, -0.15) is 0 Å². The van der Waals surface area contributed by atoms with E-state index >= 15 is 0 Å². The van der Waals surface area contributed by atoms with E-state index in [-0.39, 0.29) is 5.54 Å². The second-order valence-corrected chi connectivity index (χ2v) is 7.95. The van der Waals surface area contributed by atoms with Gasteiger partial charge in [0.05, 0.1) is 10.2 Å². The van der Waals surface area contributed by atoms with Gasteiger partial charge in [-0.25, -0.2) is 4.98 Å². The van der Waals surface area contributed by atoms with Crippen molar-refractivity contribution in [3.05, 3.63) is 24.3 Å². The Morgan fingerprint density at radius 1 is 1.29 bits per heavy atom. The Balaban J connectivity index is 1.80. The van der Waals surface area contributed by atoms with Crippen LogP contribution in [0.15, 0.2) is 24.3 Å². The van der Waals surface area contributed by atoms with E-state index in [2.05, 4.69) is 55.3 Å². The summed E-state index contributed by atoms with van der Waals surface area (Å²) >= 11 is 1.83. The van der Waals surface area contributed by atoms with Gasteiger partial charge in [0.2, 0.25) is 0 Å². The van der Waals surface area contributed by atoms with Gasteiger partial charge >= 0.3 is 0 Å². The fraction of sp³-hybridized carbons (Fsp3) is 0.588. The SMILES string of the molecule is CC(C)(C)NCC1CCCCN1c1nc2ccccc2s1. The number of piperidine rings is 1. The normalized spacial score (nSPS) is 20.1. The predicted molar refractivity (Wildman–Crippen MR) is 92.4 cm³/mol. The number of hydrogen-bond donors (Lipinski definition) is 1. The zero-order chi connectivity index (χ0) is 14.9. The first-order valence-corrected chi connectivity index (χ1v) is 8.72. The first-order chi connectivity index (χ1) is 10.0. The minimum absolute atomic E-state index is 0.177. The predicted octanol–water partition coefficient (Wildman–Crippen LogP) is 4.04. The third kappa shape index (κ3) is 3.55.